The Balaban J connectivity index is 2.15. The summed E-state index contributed by atoms with van der Waals surface area (Å²) in [6.07, 6.45) is 6.70. The second kappa shape index (κ2) is 6.54. The van der Waals surface area contributed by atoms with Gasteiger partial charge in [0.1, 0.15) is 5.03 Å². The number of aryl methyl sites for hydroxylation is 2. The molecule has 0 N–H and O–H groups in total. The molecule has 0 aliphatic rings. The predicted molar refractivity (Wildman–Crippen MR) is 96.6 cm³/mol. The highest BCUT2D eigenvalue weighted by Gasteiger charge is 2.23. The molecule has 0 saturated heterocycles. The summed E-state index contributed by atoms with van der Waals surface area (Å²) in [5.41, 5.74) is 1.95. The molecule has 3 nitrogen and oxygen atoms in total. The minimum Gasteiger partial charge on any atom is -0.331 e. The molecule has 2 aromatic carbocycles. The predicted octanol–water partition coefficient (Wildman–Crippen LogP) is 4.20. The van der Waals surface area contributed by atoms with Crippen molar-refractivity contribution in [3.05, 3.63) is 60.2 Å². The molecule has 0 aliphatic carbocycles. The van der Waals surface area contributed by atoms with E-state index in [1.807, 2.05) is 47.9 Å². The molecule has 0 amide bonds. The van der Waals surface area contributed by atoms with Crippen LogP contribution in [-0.2, 0) is 16.4 Å². The third-order valence-corrected chi connectivity index (χ3v) is 5.86. The van der Waals surface area contributed by atoms with Crippen LogP contribution in [0, 0.1) is 19.3 Å². The summed E-state index contributed by atoms with van der Waals surface area (Å²) < 4.78 is 28.1. The van der Waals surface area contributed by atoms with Crippen molar-refractivity contribution in [3.63, 3.8) is 0 Å². The maximum Gasteiger partial charge on any atom is 0.222 e. The number of nitrogens with zero attached hydrogens (tertiary/aromatic N) is 1. The van der Waals surface area contributed by atoms with Crippen molar-refractivity contribution in [2.24, 2.45) is 0 Å². The van der Waals surface area contributed by atoms with E-state index in [4.69, 9.17) is 6.42 Å². The number of rotatable bonds is 5. The van der Waals surface area contributed by atoms with Gasteiger partial charge in [-0.2, -0.15) is 0 Å². The highest BCUT2D eigenvalue weighted by Crippen LogP contribution is 2.28. The van der Waals surface area contributed by atoms with Crippen molar-refractivity contribution in [2.75, 3.05) is 0 Å². The Bertz CT molecular complexity index is 1010. The van der Waals surface area contributed by atoms with Gasteiger partial charge in [-0.3, -0.25) is 0 Å². The Hall–Kier alpha value is -2.51. The number of aromatic nitrogens is 1. The Morgan fingerprint density at radius 3 is 2.50 bits per heavy atom. The van der Waals surface area contributed by atoms with E-state index < -0.39 is 9.84 Å². The van der Waals surface area contributed by atoms with Gasteiger partial charge in [-0.05, 0) is 37.6 Å². The number of hydrogen-bond acceptors (Lipinski definition) is 2. The monoisotopic (exact) mass is 337 g/mol. The van der Waals surface area contributed by atoms with Crippen molar-refractivity contribution in [1.82, 2.24) is 4.57 Å². The summed E-state index contributed by atoms with van der Waals surface area (Å²) in [5.74, 6) is 2.61. The van der Waals surface area contributed by atoms with Crippen LogP contribution in [0.3, 0.4) is 0 Å². The molecule has 122 valence electrons. The molecule has 24 heavy (non-hydrogen) atoms. The van der Waals surface area contributed by atoms with Crippen LogP contribution in [0.2, 0.25) is 0 Å². The summed E-state index contributed by atoms with van der Waals surface area (Å²) >= 11 is 0. The summed E-state index contributed by atoms with van der Waals surface area (Å²) in [6.45, 7) is 2.52. The highest BCUT2D eigenvalue weighted by atomic mass is 32.2. The zero-order valence-corrected chi connectivity index (χ0v) is 14.4. The first-order valence-electron chi connectivity index (χ1n) is 7.87. The summed E-state index contributed by atoms with van der Waals surface area (Å²) in [7, 11) is -3.57. The van der Waals surface area contributed by atoms with Crippen LogP contribution < -0.4 is 0 Å². The number of hydrogen-bond donors (Lipinski definition) is 0. The Kier molecular flexibility index (Phi) is 4.46. The largest absolute Gasteiger partial charge is 0.331 e. The van der Waals surface area contributed by atoms with E-state index in [9.17, 15) is 8.42 Å². The van der Waals surface area contributed by atoms with E-state index in [1.54, 1.807) is 18.2 Å². The quantitative estimate of drug-likeness (QED) is 0.517. The van der Waals surface area contributed by atoms with Gasteiger partial charge >= 0.3 is 0 Å². The standard InChI is InChI=1S/C20H19NO2S/c1-3-4-7-14-21-19-9-6-5-8-17(19)15-20(21)24(22,23)18-12-10-16(2)11-13-18/h1,5-6,8-13,15H,4,7,14H2,2H3. The molecule has 0 atom stereocenters. The van der Waals surface area contributed by atoms with Crippen LogP contribution in [0.5, 0.6) is 0 Å². The smallest absolute Gasteiger partial charge is 0.222 e. The molecule has 3 aromatic rings. The van der Waals surface area contributed by atoms with Crippen LogP contribution in [0.4, 0.5) is 0 Å². The van der Waals surface area contributed by atoms with Gasteiger partial charge in [0, 0.05) is 23.9 Å². The summed E-state index contributed by atoms with van der Waals surface area (Å²) in [6, 6.07) is 16.4. The van der Waals surface area contributed by atoms with Crippen LogP contribution >= 0.6 is 0 Å². The van der Waals surface area contributed by atoms with Gasteiger partial charge in [0.2, 0.25) is 9.84 Å². The molecule has 0 radical (unpaired) electrons. The Morgan fingerprint density at radius 1 is 1.08 bits per heavy atom. The second-order valence-corrected chi connectivity index (χ2v) is 7.71. The Morgan fingerprint density at radius 2 is 1.79 bits per heavy atom. The molecule has 0 bridgehead atoms. The van der Waals surface area contributed by atoms with Crippen molar-refractivity contribution < 1.29 is 8.42 Å². The van der Waals surface area contributed by atoms with E-state index in [2.05, 4.69) is 5.92 Å². The van der Waals surface area contributed by atoms with E-state index in [0.717, 1.165) is 22.9 Å². The number of unbranched alkanes of at least 4 members (excludes halogenated alkanes) is 1. The second-order valence-electron chi connectivity index (χ2n) is 5.82. The van der Waals surface area contributed by atoms with Crippen molar-refractivity contribution in [1.29, 1.82) is 0 Å². The van der Waals surface area contributed by atoms with Gasteiger partial charge in [-0.1, -0.05) is 35.9 Å². The third-order valence-electron chi connectivity index (χ3n) is 4.08. The van der Waals surface area contributed by atoms with Crippen LogP contribution in [0.15, 0.2) is 64.5 Å². The van der Waals surface area contributed by atoms with Crippen LogP contribution in [0.1, 0.15) is 18.4 Å². The highest BCUT2D eigenvalue weighted by molar-refractivity contribution is 7.91. The molecule has 0 fully saturated rings. The number of para-hydroxylation sites is 1. The van der Waals surface area contributed by atoms with Crippen molar-refractivity contribution in [3.8, 4) is 12.3 Å². The molecule has 0 unspecified atom stereocenters. The first-order chi connectivity index (χ1) is 11.5. The minimum atomic E-state index is -3.57. The van der Waals surface area contributed by atoms with Crippen molar-refractivity contribution >= 4 is 20.7 Å². The minimum absolute atomic E-state index is 0.314. The normalized spacial score (nSPS) is 11.5. The van der Waals surface area contributed by atoms with Crippen molar-refractivity contribution in [2.45, 2.75) is 36.2 Å². The average Bonchev–Trinajstić information content (AvgIpc) is 2.95. The maximum atomic E-state index is 13.1. The van der Waals surface area contributed by atoms with Gasteiger partial charge in [-0.15, -0.1) is 12.3 Å². The van der Waals surface area contributed by atoms with Gasteiger partial charge in [0.15, 0.2) is 0 Å². The molecular formula is C20H19NO2S. The van der Waals surface area contributed by atoms with Gasteiger partial charge < -0.3 is 4.57 Å². The lowest BCUT2D eigenvalue weighted by Crippen LogP contribution is -2.10. The lowest BCUT2D eigenvalue weighted by Gasteiger charge is -2.11. The molecule has 3 rings (SSSR count). The molecule has 1 aromatic heterocycles. The Labute approximate surface area is 142 Å². The molecule has 0 aliphatic heterocycles. The summed E-state index contributed by atoms with van der Waals surface area (Å²) in [5, 5.41) is 1.24. The molecular weight excluding hydrogens is 318 g/mol. The van der Waals surface area contributed by atoms with E-state index >= 15 is 0 Å². The fourth-order valence-electron chi connectivity index (χ4n) is 2.82. The zero-order chi connectivity index (χ0) is 17.2. The molecule has 1 heterocycles. The van der Waals surface area contributed by atoms with Gasteiger partial charge in [0.25, 0.3) is 0 Å². The van der Waals surface area contributed by atoms with Crippen LogP contribution in [0.25, 0.3) is 10.9 Å². The van der Waals surface area contributed by atoms with E-state index in [0.29, 0.717) is 22.9 Å². The van der Waals surface area contributed by atoms with E-state index in [1.165, 1.54) is 0 Å². The first-order valence-corrected chi connectivity index (χ1v) is 9.36. The van der Waals surface area contributed by atoms with Crippen LogP contribution in [-0.4, -0.2) is 13.0 Å². The third kappa shape index (κ3) is 2.95. The first kappa shape index (κ1) is 16.4. The summed E-state index contributed by atoms with van der Waals surface area (Å²) in [4.78, 5) is 0.314. The number of sulfone groups is 1. The fourth-order valence-corrected chi connectivity index (χ4v) is 4.31. The van der Waals surface area contributed by atoms with Gasteiger partial charge in [-0.25, -0.2) is 8.42 Å². The lowest BCUT2D eigenvalue weighted by molar-refractivity contribution is 0.569. The zero-order valence-electron chi connectivity index (χ0n) is 13.6. The van der Waals surface area contributed by atoms with Gasteiger partial charge in [0.05, 0.1) is 4.90 Å². The number of fused-ring (bicyclic) bond motifs is 1. The molecule has 0 saturated carbocycles. The molecule has 4 heteroatoms. The van der Waals surface area contributed by atoms with E-state index in [-0.39, 0.29) is 0 Å². The lowest BCUT2D eigenvalue weighted by atomic mass is 10.2. The maximum absolute atomic E-state index is 13.1. The molecule has 0 spiro atoms. The average molecular weight is 337 g/mol. The SMILES string of the molecule is C#CCCCn1c(S(=O)(=O)c2ccc(C)cc2)cc2ccccc21. The number of terminal acetylenes is 1. The topological polar surface area (TPSA) is 39.1 Å². The fraction of sp³-hybridized carbons (Fsp3) is 0.200. The number of benzene rings is 2.